The molecule has 3 heteroatoms. The van der Waals surface area contributed by atoms with E-state index in [0.717, 1.165) is 24.8 Å². The van der Waals surface area contributed by atoms with Crippen LogP contribution in [0.5, 0.6) is 0 Å². The highest BCUT2D eigenvalue weighted by atomic mass is 32.1. The van der Waals surface area contributed by atoms with Crippen molar-refractivity contribution in [1.82, 2.24) is 0 Å². The first-order valence-corrected chi connectivity index (χ1v) is 6.13. The monoisotopic (exact) mass is 222 g/mol. The summed E-state index contributed by atoms with van der Waals surface area (Å²) >= 11 is 1.78. The van der Waals surface area contributed by atoms with Crippen molar-refractivity contribution in [2.45, 2.75) is 26.2 Å². The van der Waals surface area contributed by atoms with E-state index in [2.05, 4.69) is 11.4 Å². The zero-order valence-electron chi connectivity index (χ0n) is 8.79. The van der Waals surface area contributed by atoms with E-state index >= 15 is 0 Å². The van der Waals surface area contributed by atoms with Crippen molar-refractivity contribution < 1.29 is 9.53 Å². The smallest absolute Gasteiger partial charge is 0.331 e. The third kappa shape index (κ3) is 2.29. The van der Waals surface area contributed by atoms with Gasteiger partial charge in [-0.25, -0.2) is 4.79 Å². The number of ether oxygens (including phenoxy) is 1. The molecule has 15 heavy (non-hydrogen) atoms. The van der Waals surface area contributed by atoms with Crippen LogP contribution in [0.2, 0.25) is 0 Å². The Morgan fingerprint density at radius 2 is 2.47 bits per heavy atom. The van der Waals surface area contributed by atoms with E-state index in [9.17, 15) is 4.79 Å². The van der Waals surface area contributed by atoms with Gasteiger partial charge in [0, 0.05) is 11.0 Å². The summed E-state index contributed by atoms with van der Waals surface area (Å²) in [6.45, 7) is 2.27. The first-order valence-electron chi connectivity index (χ1n) is 5.25. The van der Waals surface area contributed by atoms with Gasteiger partial charge in [-0.05, 0) is 48.8 Å². The Kier molecular flexibility index (Phi) is 3.21. The normalized spacial score (nSPS) is 17.5. The third-order valence-electron chi connectivity index (χ3n) is 2.52. The van der Waals surface area contributed by atoms with Crippen molar-refractivity contribution in [2.24, 2.45) is 0 Å². The minimum absolute atomic E-state index is 0.216. The number of hydrogen-bond donors (Lipinski definition) is 0. The van der Waals surface area contributed by atoms with E-state index in [1.54, 1.807) is 17.4 Å². The Morgan fingerprint density at radius 3 is 3.27 bits per heavy atom. The summed E-state index contributed by atoms with van der Waals surface area (Å²) in [5, 5.41) is 2.09. The van der Waals surface area contributed by atoms with Gasteiger partial charge in [0.1, 0.15) is 0 Å². The number of hydrogen-bond acceptors (Lipinski definition) is 3. The van der Waals surface area contributed by atoms with Crippen LogP contribution in [0.15, 0.2) is 17.5 Å². The number of fused-ring (bicyclic) bond motifs is 1. The number of esters is 1. The first kappa shape index (κ1) is 10.4. The van der Waals surface area contributed by atoms with Crippen LogP contribution >= 0.6 is 11.3 Å². The number of aryl methyl sites for hydroxylation is 1. The number of carbonyl (C=O) groups excluding carboxylic acids is 1. The molecule has 0 N–H and O–H groups in total. The lowest BCUT2D eigenvalue weighted by Crippen LogP contribution is -2.04. The molecule has 0 amide bonds. The van der Waals surface area contributed by atoms with E-state index in [-0.39, 0.29) is 5.97 Å². The molecule has 1 aromatic heterocycles. The average Bonchev–Trinajstić information content (AvgIpc) is 2.67. The summed E-state index contributed by atoms with van der Waals surface area (Å²) in [6.07, 6.45) is 4.92. The molecule has 1 aromatic rings. The lowest BCUT2D eigenvalue weighted by Gasteiger charge is -2.14. The SMILES string of the molecule is CCOC(=O)/C=C1\CCCc2sccc21. The summed E-state index contributed by atoms with van der Waals surface area (Å²) in [6, 6.07) is 2.10. The van der Waals surface area contributed by atoms with Crippen molar-refractivity contribution in [3.8, 4) is 0 Å². The maximum Gasteiger partial charge on any atom is 0.331 e. The number of allylic oxidation sites excluding steroid dienone is 1. The van der Waals surface area contributed by atoms with E-state index in [1.807, 2.05) is 6.92 Å². The maximum atomic E-state index is 11.3. The average molecular weight is 222 g/mol. The molecule has 0 atom stereocenters. The van der Waals surface area contributed by atoms with Gasteiger partial charge < -0.3 is 4.74 Å². The summed E-state index contributed by atoms with van der Waals surface area (Å²) in [4.78, 5) is 12.7. The van der Waals surface area contributed by atoms with Gasteiger partial charge in [-0.2, -0.15) is 0 Å². The van der Waals surface area contributed by atoms with Crippen LogP contribution in [0.4, 0.5) is 0 Å². The van der Waals surface area contributed by atoms with Crippen LogP contribution < -0.4 is 0 Å². The lowest BCUT2D eigenvalue weighted by atomic mass is 9.93. The lowest BCUT2D eigenvalue weighted by molar-refractivity contribution is -0.137. The molecule has 0 aromatic carbocycles. The standard InChI is InChI=1S/C12H14O2S/c1-2-14-12(13)8-9-4-3-5-11-10(9)6-7-15-11/h6-8H,2-5H2,1H3/b9-8+. The van der Waals surface area contributed by atoms with Gasteiger partial charge >= 0.3 is 5.97 Å². The molecule has 1 heterocycles. The molecule has 0 unspecified atom stereocenters. The highest BCUT2D eigenvalue weighted by Gasteiger charge is 2.16. The number of carbonyl (C=O) groups is 1. The highest BCUT2D eigenvalue weighted by molar-refractivity contribution is 7.10. The molecule has 0 saturated carbocycles. The minimum Gasteiger partial charge on any atom is -0.463 e. The Bertz CT molecular complexity index is 390. The van der Waals surface area contributed by atoms with Crippen LogP contribution in [0.3, 0.4) is 0 Å². The zero-order chi connectivity index (χ0) is 10.7. The molecule has 80 valence electrons. The summed E-state index contributed by atoms with van der Waals surface area (Å²) < 4.78 is 4.92. The minimum atomic E-state index is -0.216. The summed E-state index contributed by atoms with van der Waals surface area (Å²) in [5.41, 5.74) is 2.38. The topological polar surface area (TPSA) is 26.3 Å². The van der Waals surface area contributed by atoms with Gasteiger partial charge in [0.15, 0.2) is 0 Å². The van der Waals surface area contributed by atoms with Crippen molar-refractivity contribution in [2.75, 3.05) is 6.61 Å². The fraction of sp³-hybridized carbons (Fsp3) is 0.417. The molecular weight excluding hydrogens is 208 g/mol. The van der Waals surface area contributed by atoms with E-state index in [4.69, 9.17) is 4.74 Å². The number of thiophene rings is 1. The molecule has 0 saturated heterocycles. The van der Waals surface area contributed by atoms with Crippen molar-refractivity contribution in [1.29, 1.82) is 0 Å². The van der Waals surface area contributed by atoms with Crippen LogP contribution in [0, 0.1) is 0 Å². The van der Waals surface area contributed by atoms with Crippen molar-refractivity contribution >= 4 is 22.9 Å². The van der Waals surface area contributed by atoms with Gasteiger partial charge in [-0.3, -0.25) is 0 Å². The van der Waals surface area contributed by atoms with Gasteiger partial charge in [0.2, 0.25) is 0 Å². The molecule has 0 bridgehead atoms. The van der Waals surface area contributed by atoms with Crippen LogP contribution in [0.25, 0.3) is 5.57 Å². The first-order chi connectivity index (χ1) is 7.31. The largest absolute Gasteiger partial charge is 0.463 e. The summed E-state index contributed by atoms with van der Waals surface area (Å²) in [5.74, 6) is -0.216. The molecule has 0 aliphatic heterocycles. The van der Waals surface area contributed by atoms with Crippen LogP contribution in [-0.4, -0.2) is 12.6 Å². The molecular formula is C12H14O2S. The second-order valence-corrected chi connectivity index (χ2v) is 4.53. The second kappa shape index (κ2) is 4.62. The molecule has 0 radical (unpaired) electrons. The predicted octanol–water partition coefficient (Wildman–Crippen LogP) is 3.03. The Hall–Kier alpha value is -1.09. The van der Waals surface area contributed by atoms with Crippen molar-refractivity contribution in [3.05, 3.63) is 28.0 Å². The highest BCUT2D eigenvalue weighted by Crippen LogP contribution is 2.33. The Balaban J connectivity index is 2.22. The molecule has 0 fully saturated rings. The molecule has 1 aliphatic carbocycles. The molecule has 1 aliphatic rings. The van der Waals surface area contributed by atoms with Gasteiger partial charge in [0.05, 0.1) is 6.61 Å². The Morgan fingerprint density at radius 1 is 1.60 bits per heavy atom. The van der Waals surface area contributed by atoms with E-state index in [0.29, 0.717) is 6.61 Å². The molecule has 2 rings (SSSR count). The van der Waals surface area contributed by atoms with Gasteiger partial charge in [-0.15, -0.1) is 11.3 Å². The molecule has 0 spiro atoms. The van der Waals surface area contributed by atoms with E-state index < -0.39 is 0 Å². The fourth-order valence-electron chi connectivity index (χ4n) is 1.87. The van der Waals surface area contributed by atoms with E-state index in [1.165, 1.54) is 10.4 Å². The summed E-state index contributed by atoms with van der Waals surface area (Å²) in [7, 11) is 0. The fourth-order valence-corrected chi connectivity index (χ4v) is 2.83. The quantitative estimate of drug-likeness (QED) is 0.568. The van der Waals surface area contributed by atoms with Crippen LogP contribution in [-0.2, 0) is 16.0 Å². The Labute approximate surface area is 93.6 Å². The number of rotatable bonds is 2. The maximum absolute atomic E-state index is 11.3. The third-order valence-corrected chi connectivity index (χ3v) is 3.50. The predicted molar refractivity (Wildman–Crippen MR) is 61.9 cm³/mol. The van der Waals surface area contributed by atoms with Gasteiger partial charge in [0.25, 0.3) is 0 Å². The zero-order valence-corrected chi connectivity index (χ0v) is 9.60. The van der Waals surface area contributed by atoms with Crippen LogP contribution in [0.1, 0.15) is 30.2 Å². The molecule has 2 nitrogen and oxygen atoms in total. The second-order valence-electron chi connectivity index (χ2n) is 3.53. The van der Waals surface area contributed by atoms with Gasteiger partial charge in [-0.1, -0.05) is 0 Å². The van der Waals surface area contributed by atoms with Crippen molar-refractivity contribution in [3.63, 3.8) is 0 Å².